The zero-order valence-electron chi connectivity index (χ0n) is 11.3. The highest BCUT2D eigenvalue weighted by molar-refractivity contribution is 9.10. The summed E-state index contributed by atoms with van der Waals surface area (Å²) in [6, 6.07) is 11.7. The standard InChI is InChI=1S/C16H16BrNO/c1-10-4-5-12(3)15(8-10)18-16(19)14-9-13(17)7-6-11(14)2/h4-9H,1-3H3,(H,18,19). The largest absolute Gasteiger partial charge is 0.322 e. The predicted octanol–water partition coefficient (Wildman–Crippen LogP) is 4.63. The molecule has 0 aromatic heterocycles. The van der Waals surface area contributed by atoms with Gasteiger partial charge in [0.25, 0.3) is 5.91 Å². The summed E-state index contributed by atoms with van der Waals surface area (Å²) in [6.07, 6.45) is 0. The van der Waals surface area contributed by atoms with E-state index in [2.05, 4.69) is 21.2 Å². The third kappa shape index (κ3) is 3.24. The van der Waals surface area contributed by atoms with E-state index >= 15 is 0 Å². The number of amides is 1. The van der Waals surface area contributed by atoms with Gasteiger partial charge in [0.15, 0.2) is 0 Å². The van der Waals surface area contributed by atoms with Crippen molar-refractivity contribution < 1.29 is 4.79 Å². The van der Waals surface area contributed by atoms with Crippen molar-refractivity contribution in [3.8, 4) is 0 Å². The zero-order valence-corrected chi connectivity index (χ0v) is 12.8. The number of halogens is 1. The maximum Gasteiger partial charge on any atom is 0.255 e. The second kappa shape index (κ2) is 5.57. The Morgan fingerprint density at radius 2 is 1.68 bits per heavy atom. The number of carbonyl (C=O) groups excluding carboxylic acids is 1. The molecule has 3 heteroatoms. The molecule has 2 rings (SSSR count). The van der Waals surface area contributed by atoms with Crippen LogP contribution in [0.4, 0.5) is 5.69 Å². The number of carbonyl (C=O) groups is 1. The summed E-state index contributed by atoms with van der Waals surface area (Å²) in [6.45, 7) is 5.94. The molecule has 0 heterocycles. The molecule has 0 fully saturated rings. The summed E-state index contributed by atoms with van der Waals surface area (Å²) < 4.78 is 0.907. The van der Waals surface area contributed by atoms with Gasteiger partial charge in [-0.15, -0.1) is 0 Å². The van der Waals surface area contributed by atoms with E-state index in [-0.39, 0.29) is 5.91 Å². The number of hydrogen-bond acceptors (Lipinski definition) is 1. The molecule has 0 aliphatic heterocycles. The van der Waals surface area contributed by atoms with Gasteiger partial charge in [-0.3, -0.25) is 4.79 Å². The van der Waals surface area contributed by atoms with Crippen LogP contribution in [0.5, 0.6) is 0 Å². The molecule has 2 nitrogen and oxygen atoms in total. The molecule has 0 saturated carbocycles. The van der Waals surface area contributed by atoms with Gasteiger partial charge in [-0.05, 0) is 55.7 Å². The number of benzene rings is 2. The Balaban J connectivity index is 2.30. The van der Waals surface area contributed by atoms with Crippen molar-refractivity contribution in [2.75, 3.05) is 5.32 Å². The molecular formula is C16H16BrNO. The third-order valence-corrected chi connectivity index (χ3v) is 3.58. The Kier molecular flexibility index (Phi) is 4.05. The minimum atomic E-state index is -0.0764. The molecule has 0 radical (unpaired) electrons. The molecule has 1 N–H and O–H groups in total. The zero-order chi connectivity index (χ0) is 14.0. The first kappa shape index (κ1) is 13.8. The van der Waals surface area contributed by atoms with Crippen LogP contribution in [0.2, 0.25) is 0 Å². The van der Waals surface area contributed by atoms with E-state index in [0.717, 1.165) is 26.9 Å². The van der Waals surface area contributed by atoms with E-state index in [1.807, 2.05) is 57.2 Å². The first-order valence-electron chi connectivity index (χ1n) is 6.12. The molecule has 2 aromatic carbocycles. The molecule has 1 amide bonds. The summed E-state index contributed by atoms with van der Waals surface area (Å²) in [7, 11) is 0. The topological polar surface area (TPSA) is 29.1 Å². The summed E-state index contributed by atoms with van der Waals surface area (Å²) in [4.78, 5) is 12.3. The van der Waals surface area contributed by atoms with Crippen molar-refractivity contribution in [2.24, 2.45) is 0 Å². The maximum absolute atomic E-state index is 12.3. The van der Waals surface area contributed by atoms with Crippen LogP contribution in [0.1, 0.15) is 27.0 Å². The summed E-state index contributed by atoms with van der Waals surface area (Å²) in [5.74, 6) is -0.0764. The Morgan fingerprint density at radius 3 is 2.42 bits per heavy atom. The molecule has 0 saturated heterocycles. The molecule has 19 heavy (non-hydrogen) atoms. The highest BCUT2D eigenvalue weighted by Crippen LogP contribution is 2.20. The van der Waals surface area contributed by atoms with Crippen LogP contribution < -0.4 is 5.32 Å². The van der Waals surface area contributed by atoms with Gasteiger partial charge in [-0.25, -0.2) is 0 Å². The van der Waals surface area contributed by atoms with E-state index in [9.17, 15) is 4.79 Å². The molecule has 0 spiro atoms. The van der Waals surface area contributed by atoms with Crippen LogP contribution in [0.15, 0.2) is 40.9 Å². The minimum absolute atomic E-state index is 0.0764. The second-order valence-corrected chi connectivity index (χ2v) is 5.65. The summed E-state index contributed by atoms with van der Waals surface area (Å²) in [5, 5.41) is 2.98. The molecular weight excluding hydrogens is 302 g/mol. The van der Waals surface area contributed by atoms with Crippen LogP contribution in [0.25, 0.3) is 0 Å². The van der Waals surface area contributed by atoms with E-state index in [1.165, 1.54) is 0 Å². The van der Waals surface area contributed by atoms with Gasteiger partial charge >= 0.3 is 0 Å². The molecule has 0 bridgehead atoms. The average Bonchev–Trinajstić information content (AvgIpc) is 2.36. The molecule has 0 aliphatic rings. The lowest BCUT2D eigenvalue weighted by Gasteiger charge is -2.11. The lowest BCUT2D eigenvalue weighted by Crippen LogP contribution is -2.14. The van der Waals surface area contributed by atoms with Crippen molar-refractivity contribution in [2.45, 2.75) is 20.8 Å². The minimum Gasteiger partial charge on any atom is -0.322 e. The second-order valence-electron chi connectivity index (χ2n) is 4.73. The van der Waals surface area contributed by atoms with E-state index in [1.54, 1.807) is 0 Å². The van der Waals surface area contributed by atoms with E-state index < -0.39 is 0 Å². The Labute approximate surface area is 122 Å². The predicted molar refractivity (Wildman–Crippen MR) is 82.7 cm³/mol. The average molecular weight is 318 g/mol. The smallest absolute Gasteiger partial charge is 0.255 e. The van der Waals surface area contributed by atoms with E-state index in [0.29, 0.717) is 5.56 Å². The SMILES string of the molecule is Cc1ccc(C)c(NC(=O)c2cc(Br)ccc2C)c1. The monoisotopic (exact) mass is 317 g/mol. The summed E-state index contributed by atoms with van der Waals surface area (Å²) in [5.41, 5.74) is 4.71. The highest BCUT2D eigenvalue weighted by Gasteiger charge is 2.11. The van der Waals surface area contributed by atoms with Crippen molar-refractivity contribution in [3.05, 3.63) is 63.1 Å². The maximum atomic E-state index is 12.3. The Bertz CT molecular complexity index is 635. The number of nitrogens with one attached hydrogen (secondary N) is 1. The van der Waals surface area contributed by atoms with E-state index in [4.69, 9.17) is 0 Å². The fourth-order valence-corrected chi connectivity index (χ4v) is 2.26. The molecule has 0 aliphatic carbocycles. The fourth-order valence-electron chi connectivity index (χ4n) is 1.90. The van der Waals surface area contributed by atoms with Crippen molar-refractivity contribution in [1.29, 1.82) is 0 Å². The number of aryl methyl sites for hydroxylation is 3. The number of anilines is 1. The third-order valence-electron chi connectivity index (χ3n) is 3.09. The van der Waals surface area contributed by atoms with Gasteiger partial charge in [-0.2, -0.15) is 0 Å². The van der Waals surface area contributed by atoms with Crippen molar-refractivity contribution >= 4 is 27.5 Å². The van der Waals surface area contributed by atoms with Gasteiger partial charge in [-0.1, -0.05) is 34.1 Å². The first-order valence-corrected chi connectivity index (χ1v) is 6.91. The van der Waals surface area contributed by atoms with Gasteiger partial charge in [0.2, 0.25) is 0 Å². The molecule has 0 atom stereocenters. The van der Waals surface area contributed by atoms with Gasteiger partial charge < -0.3 is 5.32 Å². The Morgan fingerprint density at radius 1 is 1.00 bits per heavy atom. The normalized spacial score (nSPS) is 10.3. The first-order chi connectivity index (χ1) is 8.97. The number of rotatable bonds is 2. The highest BCUT2D eigenvalue weighted by atomic mass is 79.9. The lowest BCUT2D eigenvalue weighted by atomic mass is 10.1. The van der Waals surface area contributed by atoms with Crippen LogP contribution >= 0.6 is 15.9 Å². The van der Waals surface area contributed by atoms with Crippen molar-refractivity contribution in [1.82, 2.24) is 0 Å². The van der Waals surface area contributed by atoms with Crippen LogP contribution in [0, 0.1) is 20.8 Å². The quantitative estimate of drug-likeness (QED) is 0.859. The van der Waals surface area contributed by atoms with Gasteiger partial charge in [0, 0.05) is 15.7 Å². The van der Waals surface area contributed by atoms with Crippen LogP contribution in [-0.4, -0.2) is 5.91 Å². The molecule has 2 aromatic rings. The Hall–Kier alpha value is -1.61. The van der Waals surface area contributed by atoms with Crippen molar-refractivity contribution in [3.63, 3.8) is 0 Å². The molecule has 0 unspecified atom stereocenters. The van der Waals surface area contributed by atoms with Gasteiger partial charge in [0.1, 0.15) is 0 Å². The van der Waals surface area contributed by atoms with Crippen LogP contribution in [-0.2, 0) is 0 Å². The molecule has 98 valence electrons. The van der Waals surface area contributed by atoms with Crippen LogP contribution in [0.3, 0.4) is 0 Å². The fraction of sp³-hybridized carbons (Fsp3) is 0.188. The lowest BCUT2D eigenvalue weighted by molar-refractivity contribution is 0.102. The number of hydrogen-bond donors (Lipinski definition) is 1. The van der Waals surface area contributed by atoms with Gasteiger partial charge in [0.05, 0.1) is 0 Å². The summed E-state index contributed by atoms with van der Waals surface area (Å²) >= 11 is 3.40.